The Morgan fingerprint density at radius 1 is 1.47 bits per heavy atom. The average molecular weight is 291 g/mol. The Morgan fingerprint density at radius 2 is 2.16 bits per heavy atom. The van der Waals surface area contributed by atoms with Gasteiger partial charge in [0.2, 0.25) is 15.9 Å². The molecular weight excluding hydrogens is 266 g/mol. The molecule has 0 aliphatic carbocycles. The van der Waals surface area contributed by atoms with Gasteiger partial charge in [-0.25, -0.2) is 13.1 Å². The highest BCUT2D eigenvalue weighted by Gasteiger charge is 2.29. The van der Waals surface area contributed by atoms with E-state index in [1.54, 1.807) is 0 Å². The first kappa shape index (κ1) is 16.4. The van der Waals surface area contributed by atoms with Gasteiger partial charge in [0.25, 0.3) is 0 Å². The third-order valence-electron chi connectivity index (χ3n) is 3.51. The average Bonchev–Trinajstić information content (AvgIpc) is 2.35. The summed E-state index contributed by atoms with van der Waals surface area (Å²) in [5.41, 5.74) is 5.48. The Bertz CT molecular complexity index is 397. The first-order chi connectivity index (χ1) is 8.85. The molecule has 0 spiro atoms. The molecule has 0 aromatic rings. The van der Waals surface area contributed by atoms with E-state index >= 15 is 0 Å². The van der Waals surface area contributed by atoms with Gasteiger partial charge in [-0.1, -0.05) is 6.92 Å². The topological polar surface area (TPSA) is 92.5 Å². The Hall–Kier alpha value is -0.660. The predicted molar refractivity (Wildman–Crippen MR) is 75.0 cm³/mol. The van der Waals surface area contributed by atoms with E-state index < -0.39 is 10.0 Å². The molecule has 0 aromatic carbocycles. The number of likely N-dealkylation sites (tertiary alicyclic amines) is 1. The lowest BCUT2D eigenvalue weighted by atomic mass is 9.98. The van der Waals surface area contributed by atoms with Gasteiger partial charge in [-0.15, -0.1) is 0 Å². The molecule has 2 atom stereocenters. The number of hydrogen-bond donors (Lipinski definition) is 2. The standard InChI is InChI=1S/C12H25N3O3S/c1-10(6-7-13)12(16)15-8-4-3-5-11(15)9-14-19(2,17)18/h10-11,14H,3-9,13H2,1-2H3. The largest absolute Gasteiger partial charge is 0.338 e. The number of nitrogens with zero attached hydrogens (tertiary/aromatic N) is 1. The normalized spacial score (nSPS) is 22.3. The van der Waals surface area contributed by atoms with Crippen molar-refractivity contribution in [2.45, 2.75) is 38.6 Å². The molecule has 3 N–H and O–H groups in total. The molecule has 1 saturated heterocycles. The highest BCUT2D eigenvalue weighted by Crippen LogP contribution is 2.20. The van der Waals surface area contributed by atoms with Crippen LogP contribution in [0.5, 0.6) is 0 Å². The van der Waals surface area contributed by atoms with Gasteiger partial charge < -0.3 is 10.6 Å². The van der Waals surface area contributed by atoms with Crippen molar-refractivity contribution in [2.75, 3.05) is 25.9 Å². The minimum atomic E-state index is -3.21. The number of piperidine rings is 1. The molecule has 0 aromatic heterocycles. The van der Waals surface area contributed by atoms with E-state index in [9.17, 15) is 13.2 Å². The molecule has 1 heterocycles. The fourth-order valence-electron chi connectivity index (χ4n) is 2.41. The molecule has 1 fully saturated rings. The van der Waals surface area contributed by atoms with Crippen molar-refractivity contribution in [1.82, 2.24) is 9.62 Å². The van der Waals surface area contributed by atoms with Crippen LogP contribution in [-0.4, -0.2) is 51.2 Å². The predicted octanol–water partition coefficient (Wildman–Crippen LogP) is -0.0984. The summed E-state index contributed by atoms with van der Waals surface area (Å²) in [5, 5.41) is 0. The number of nitrogens with one attached hydrogen (secondary N) is 1. The smallest absolute Gasteiger partial charge is 0.225 e. The third kappa shape index (κ3) is 5.46. The molecule has 6 nitrogen and oxygen atoms in total. The first-order valence-corrected chi connectivity index (χ1v) is 8.69. The fraction of sp³-hybridized carbons (Fsp3) is 0.917. The zero-order chi connectivity index (χ0) is 14.5. The maximum atomic E-state index is 12.3. The first-order valence-electron chi connectivity index (χ1n) is 6.80. The lowest BCUT2D eigenvalue weighted by Gasteiger charge is -2.37. The van der Waals surface area contributed by atoms with Gasteiger partial charge in [-0.2, -0.15) is 0 Å². The Kier molecular flexibility index (Phi) is 6.22. The molecule has 2 unspecified atom stereocenters. The minimum absolute atomic E-state index is 0.0313. The van der Waals surface area contributed by atoms with Crippen molar-refractivity contribution in [2.24, 2.45) is 11.7 Å². The lowest BCUT2D eigenvalue weighted by molar-refractivity contribution is -0.138. The van der Waals surface area contributed by atoms with E-state index in [4.69, 9.17) is 5.73 Å². The van der Waals surface area contributed by atoms with E-state index in [-0.39, 0.29) is 17.9 Å². The highest BCUT2D eigenvalue weighted by molar-refractivity contribution is 7.88. The van der Waals surface area contributed by atoms with Crippen LogP contribution in [0.1, 0.15) is 32.6 Å². The van der Waals surface area contributed by atoms with Crippen molar-refractivity contribution in [3.63, 3.8) is 0 Å². The molecule has 1 rings (SSSR count). The van der Waals surface area contributed by atoms with Gasteiger partial charge in [0.1, 0.15) is 0 Å². The van der Waals surface area contributed by atoms with Crippen LogP contribution in [0.2, 0.25) is 0 Å². The molecule has 0 bridgehead atoms. The van der Waals surface area contributed by atoms with Gasteiger partial charge in [-0.3, -0.25) is 4.79 Å². The summed E-state index contributed by atoms with van der Waals surface area (Å²) in [6.45, 7) is 3.39. The van der Waals surface area contributed by atoms with Crippen LogP contribution in [0, 0.1) is 5.92 Å². The molecule has 1 aliphatic heterocycles. The van der Waals surface area contributed by atoms with Crippen molar-refractivity contribution >= 4 is 15.9 Å². The van der Waals surface area contributed by atoms with E-state index in [1.165, 1.54) is 0 Å². The third-order valence-corrected chi connectivity index (χ3v) is 4.20. The molecule has 0 saturated carbocycles. The van der Waals surface area contributed by atoms with Crippen LogP contribution >= 0.6 is 0 Å². The summed E-state index contributed by atoms with van der Waals surface area (Å²) < 4.78 is 24.8. The second-order valence-corrected chi connectivity index (χ2v) is 7.11. The molecular formula is C12H25N3O3S. The monoisotopic (exact) mass is 291 g/mol. The van der Waals surface area contributed by atoms with Crippen LogP contribution in [-0.2, 0) is 14.8 Å². The molecule has 112 valence electrons. The highest BCUT2D eigenvalue weighted by atomic mass is 32.2. The van der Waals surface area contributed by atoms with Crippen LogP contribution in [0.4, 0.5) is 0 Å². The molecule has 0 radical (unpaired) electrons. The Morgan fingerprint density at radius 3 is 2.74 bits per heavy atom. The van der Waals surface area contributed by atoms with E-state index in [0.29, 0.717) is 26.1 Å². The van der Waals surface area contributed by atoms with Gasteiger partial charge in [0.05, 0.1) is 6.26 Å². The number of amides is 1. The fourth-order valence-corrected chi connectivity index (χ4v) is 2.90. The zero-order valence-corrected chi connectivity index (χ0v) is 12.6. The van der Waals surface area contributed by atoms with Crippen molar-refractivity contribution in [3.8, 4) is 0 Å². The molecule has 1 amide bonds. The lowest BCUT2D eigenvalue weighted by Crippen LogP contribution is -2.51. The van der Waals surface area contributed by atoms with Crippen molar-refractivity contribution in [3.05, 3.63) is 0 Å². The summed E-state index contributed by atoms with van der Waals surface area (Å²) in [5.74, 6) is -0.00529. The summed E-state index contributed by atoms with van der Waals surface area (Å²) >= 11 is 0. The number of carbonyl (C=O) groups is 1. The van der Waals surface area contributed by atoms with Crippen LogP contribution in [0.15, 0.2) is 0 Å². The summed E-state index contributed by atoms with van der Waals surface area (Å²) in [4.78, 5) is 14.1. The number of nitrogens with two attached hydrogens (primary N) is 1. The van der Waals surface area contributed by atoms with Crippen LogP contribution in [0.25, 0.3) is 0 Å². The van der Waals surface area contributed by atoms with E-state index in [0.717, 1.165) is 25.5 Å². The second-order valence-electron chi connectivity index (χ2n) is 5.28. The zero-order valence-electron chi connectivity index (χ0n) is 11.8. The Balaban J connectivity index is 2.64. The van der Waals surface area contributed by atoms with Gasteiger partial charge in [-0.05, 0) is 32.2 Å². The van der Waals surface area contributed by atoms with E-state index in [1.807, 2.05) is 11.8 Å². The number of hydrogen-bond acceptors (Lipinski definition) is 4. The van der Waals surface area contributed by atoms with Gasteiger partial charge in [0.15, 0.2) is 0 Å². The maximum Gasteiger partial charge on any atom is 0.225 e. The van der Waals surface area contributed by atoms with Crippen LogP contribution < -0.4 is 10.5 Å². The van der Waals surface area contributed by atoms with E-state index in [2.05, 4.69) is 4.72 Å². The van der Waals surface area contributed by atoms with Gasteiger partial charge in [0, 0.05) is 25.0 Å². The van der Waals surface area contributed by atoms with Crippen molar-refractivity contribution in [1.29, 1.82) is 0 Å². The van der Waals surface area contributed by atoms with Crippen LogP contribution in [0.3, 0.4) is 0 Å². The number of rotatable bonds is 6. The second kappa shape index (κ2) is 7.21. The summed E-state index contributed by atoms with van der Waals surface area (Å²) in [7, 11) is -3.21. The molecule has 7 heteroatoms. The molecule has 1 aliphatic rings. The SMILES string of the molecule is CC(CCN)C(=O)N1CCCCC1CNS(C)(=O)=O. The quantitative estimate of drug-likeness (QED) is 0.715. The van der Waals surface area contributed by atoms with Crippen molar-refractivity contribution < 1.29 is 13.2 Å². The Labute approximate surface area is 115 Å². The minimum Gasteiger partial charge on any atom is -0.338 e. The molecule has 19 heavy (non-hydrogen) atoms. The number of sulfonamides is 1. The van der Waals surface area contributed by atoms with Gasteiger partial charge >= 0.3 is 0 Å². The maximum absolute atomic E-state index is 12.3. The summed E-state index contributed by atoms with van der Waals surface area (Å²) in [6.07, 6.45) is 4.67. The number of carbonyl (C=O) groups excluding carboxylic acids is 1. The summed E-state index contributed by atoms with van der Waals surface area (Å²) in [6, 6.07) is -0.0313.